The van der Waals surface area contributed by atoms with Crippen molar-refractivity contribution < 1.29 is 22.7 Å². The van der Waals surface area contributed by atoms with E-state index in [2.05, 4.69) is 5.32 Å². The molecule has 2 saturated heterocycles. The van der Waals surface area contributed by atoms with Gasteiger partial charge in [0.05, 0.1) is 29.7 Å². The maximum absolute atomic E-state index is 13.0. The van der Waals surface area contributed by atoms with E-state index in [0.29, 0.717) is 32.0 Å². The summed E-state index contributed by atoms with van der Waals surface area (Å²) in [5.74, 6) is -0.955. The Labute approximate surface area is 198 Å². The zero-order valence-corrected chi connectivity index (χ0v) is 19.3. The molecule has 0 aromatic heterocycles. The monoisotopic (exact) mass is 479 g/mol. The van der Waals surface area contributed by atoms with Gasteiger partial charge in [0.25, 0.3) is 0 Å². The fourth-order valence-electron chi connectivity index (χ4n) is 4.47. The average molecular weight is 480 g/mol. The zero-order valence-electron chi connectivity index (χ0n) is 18.5. The first kappa shape index (κ1) is 22.5. The highest BCUT2D eigenvalue weighted by atomic mass is 32.2. The van der Waals surface area contributed by atoms with Gasteiger partial charge in [0.1, 0.15) is 0 Å². The summed E-state index contributed by atoms with van der Waals surface area (Å²) in [7, 11) is -3.67. The number of fused-ring (bicyclic) bond motifs is 1. The molecule has 2 aliphatic heterocycles. The highest BCUT2D eigenvalue weighted by molar-refractivity contribution is 7.89. The molecular weight excluding hydrogens is 454 g/mol. The molecule has 3 aromatic carbocycles. The van der Waals surface area contributed by atoms with Gasteiger partial charge in [-0.3, -0.25) is 9.59 Å². The molecule has 0 saturated carbocycles. The normalized spacial score (nSPS) is 19.5. The summed E-state index contributed by atoms with van der Waals surface area (Å²) in [6.07, 6.45) is 0.0980. The lowest BCUT2D eigenvalue weighted by Crippen LogP contribution is -2.40. The van der Waals surface area contributed by atoms with Crippen molar-refractivity contribution in [3.05, 3.63) is 66.7 Å². The summed E-state index contributed by atoms with van der Waals surface area (Å²) in [6, 6.07) is 19.8. The SMILES string of the molecule is O=C(Nc1cccc(S(=O)(=O)N2CCOCC2)c1)C1CC(=O)N(c2cccc3ccccc23)C1. The lowest BCUT2D eigenvalue weighted by molar-refractivity contribution is -0.122. The van der Waals surface area contributed by atoms with E-state index in [9.17, 15) is 18.0 Å². The lowest BCUT2D eigenvalue weighted by atomic mass is 10.1. The van der Waals surface area contributed by atoms with Crippen LogP contribution < -0.4 is 10.2 Å². The second-order valence-corrected chi connectivity index (χ2v) is 10.4. The van der Waals surface area contributed by atoms with Crippen LogP contribution in [0.1, 0.15) is 6.42 Å². The molecular formula is C25H25N3O5S. The van der Waals surface area contributed by atoms with Crippen LogP contribution in [-0.4, -0.2) is 57.4 Å². The number of amides is 2. The van der Waals surface area contributed by atoms with Crippen molar-refractivity contribution in [3.63, 3.8) is 0 Å². The molecule has 0 bridgehead atoms. The van der Waals surface area contributed by atoms with E-state index in [1.54, 1.807) is 17.0 Å². The highest BCUT2D eigenvalue weighted by Crippen LogP contribution is 2.32. The van der Waals surface area contributed by atoms with Gasteiger partial charge in [0, 0.05) is 37.1 Å². The van der Waals surface area contributed by atoms with Crippen LogP contribution in [0.2, 0.25) is 0 Å². The van der Waals surface area contributed by atoms with Gasteiger partial charge in [-0.25, -0.2) is 8.42 Å². The number of hydrogen-bond acceptors (Lipinski definition) is 5. The zero-order chi connectivity index (χ0) is 23.7. The van der Waals surface area contributed by atoms with Gasteiger partial charge in [-0.05, 0) is 29.7 Å². The molecule has 9 heteroatoms. The topological polar surface area (TPSA) is 96.0 Å². The molecule has 3 aromatic rings. The van der Waals surface area contributed by atoms with E-state index in [4.69, 9.17) is 4.74 Å². The van der Waals surface area contributed by atoms with Crippen molar-refractivity contribution in [1.82, 2.24) is 4.31 Å². The largest absolute Gasteiger partial charge is 0.379 e. The molecule has 0 radical (unpaired) electrons. The highest BCUT2D eigenvalue weighted by Gasteiger charge is 2.36. The third-order valence-corrected chi connectivity index (χ3v) is 8.16. The van der Waals surface area contributed by atoms with Gasteiger partial charge < -0.3 is 15.0 Å². The Balaban J connectivity index is 1.32. The molecule has 34 heavy (non-hydrogen) atoms. The van der Waals surface area contributed by atoms with Gasteiger partial charge in [-0.1, -0.05) is 42.5 Å². The third-order valence-electron chi connectivity index (χ3n) is 6.26. The molecule has 0 aliphatic carbocycles. The second kappa shape index (κ2) is 9.17. The van der Waals surface area contributed by atoms with E-state index >= 15 is 0 Å². The van der Waals surface area contributed by atoms with Crippen molar-refractivity contribution in [2.24, 2.45) is 5.92 Å². The molecule has 1 atom stereocenters. The van der Waals surface area contributed by atoms with Crippen molar-refractivity contribution >= 4 is 44.0 Å². The molecule has 2 aliphatic rings. The van der Waals surface area contributed by atoms with Crippen LogP contribution >= 0.6 is 0 Å². The summed E-state index contributed by atoms with van der Waals surface area (Å²) >= 11 is 0. The Kier molecular flexibility index (Phi) is 6.07. The number of anilines is 2. The van der Waals surface area contributed by atoms with Crippen LogP contribution in [0.4, 0.5) is 11.4 Å². The van der Waals surface area contributed by atoms with Crippen molar-refractivity contribution in [3.8, 4) is 0 Å². The number of rotatable bonds is 5. The van der Waals surface area contributed by atoms with Gasteiger partial charge in [0.2, 0.25) is 21.8 Å². The summed E-state index contributed by atoms with van der Waals surface area (Å²) in [6.45, 7) is 1.59. The Bertz CT molecular complexity index is 1350. The minimum Gasteiger partial charge on any atom is -0.379 e. The average Bonchev–Trinajstić information content (AvgIpc) is 3.26. The first-order valence-corrected chi connectivity index (χ1v) is 12.6. The Morgan fingerprint density at radius 2 is 1.71 bits per heavy atom. The number of sulfonamides is 1. The predicted octanol–water partition coefficient (Wildman–Crippen LogP) is 2.85. The molecule has 8 nitrogen and oxygen atoms in total. The maximum atomic E-state index is 13.0. The van der Waals surface area contributed by atoms with Gasteiger partial charge in [-0.2, -0.15) is 4.31 Å². The Morgan fingerprint density at radius 1 is 0.971 bits per heavy atom. The first-order chi connectivity index (χ1) is 16.4. The fraction of sp³-hybridized carbons (Fsp3) is 0.280. The number of nitrogens with zero attached hydrogens (tertiary/aromatic N) is 2. The van der Waals surface area contributed by atoms with Crippen LogP contribution in [0.25, 0.3) is 10.8 Å². The van der Waals surface area contributed by atoms with Crippen LogP contribution in [0.5, 0.6) is 0 Å². The van der Waals surface area contributed by atoms with E-state index in [0.717, 1.165) is 16.5 Å². The quantitative estimate of drug-likeness (QED) is 0.607. The van der Waals surface area contributed by atoms with Crippen LogP contribution in [0.15, 0.2) is 71.6 Å². The van der Waals surface area contributed by atoms with Crippen molar-refractivity contribution in [2.75, 3.05) is 43.1 Å². The van der Waals surface area contributed by atoms with Crippen molar-refractivity contribution in [2.45, 2.75) is 11.3 Å². The molecule has 5 rings (SSSR count). The molecule has 1 unspecified atom stereocenters. The van der Waals surface area contributed by atoms with E-state index < -0.39 is 15.9 Å². The maximum Gasteiger partial charge on any atom is 0.243 e. The number of carbonyl (C=O) groups excluding carboxylic acids is 2. The number of morpholine rings is 1. The van der Waals surface area contributed by atoms with E-state index in [1.807, 2.05) is 42.5 Å². The molecule has 176 valence electrons. The summed E-state index contributed by atoms with van der Waals surface area (Å²) in [5.41, 5.74) is 1.17. The molecule has 0 spiro atoms. The number of ether oxygens (including phenoxy) is 1. The minimum absolute atomic E-state index is 0.0980. The Morgan fingerprint density at radius 3 is 2.53 bits per heavy atom. The van der Waals surface area contributed by atoms with Crippen molar-refractivity contribution in [1.29, 1.82) is 0 Å². The lowest BCUT2D eigenvalue weighted by Gasteiger charge is -2.26. The minimum atomic E-state index is -3.67. The van der Waals surface area contributed by atoms with Crippen LogP contribution in [-0.2, 0) is 24.3 Å². The van der Waals surface area contributed by atoms with Crippen LogP contribution in [0, 0.1) is 5.92 Å². The third kappa shape index (κ3) is 4.29. The summed E-state index contributed by atoms with van der Waals surface area (Å²) in [4.78, 5) is 27.6. The molecule has 2 heterocycles. The van der Waals surface area contributed by atoms with Gasteiger partial charge in [-0.15, -0.1) is 0 Å². The number of carbonyl (C=O) groups is 2. The second-order valence-electron chi connectivity index (χ2n) is 8.44. The van der Waals surface area contributed by atoms with E-state index in [1.165, 1.54) is 16.4 Å². The van der Waals surface area contributed by atoms with Crippen LogP contribution in [0.3, 0.4) is 0 Å². The predicted molar refractivity (Wildman–Crippen MR) is 129 cm³/mol. The smallest absolute Gasteiger partial charge is 0.243 e. The molecule has 2 fully saturated rings. The number of benzene rings is 3. The number of hydrogen-bond donors (Lipinski definition) is 1. The van der Waals surface area contributed by atoms with Gasteiger partial charge in [0.15, 0.2) is 0 Å². The standard InChI is InChI=1S/C25H25N3O5S/c29-24-15-19(17-28(24)23-10-3-6-18-5-1-2-9-22(18)23)25(30)26-20-7-4-8-21(16-20)34(31,32)27-11-13-33-14-12-27/h1-10,16,19H,11-15,17H2,(H,26,30). The Hall–Kier alpha value is -3.27. The first-order valence-electron chi connectivity index (χ1n) is 11.2. The van der Waals surface area contributed by atoms with Gasteiger partial charge >= 0.3 is 0 Å². The fourth-order valence-corrected chi connectivity index (χ4v) is 5.93. The molecule has 2 amide bonds. The molecule has 1 N–H and O–H groups in total. The van der Waals surface area contributed by atoms with E-state index in [-0.39, 0.29) is 29.7 Å². The summed E-state index contributed by atoms with van der Waals surface area (Å²) < 4.78 is 32.5. The summed E-state index contributed by atoms with van der Waals surface area (Å²) in [5, 5.41) is 4.79. The number of nitrogens with one attached hydrogen (secondary N) is 1.